The van der Waals surface area contributed by atoms with Gasteiger partial charge in [-0.15, -0.1) is 0 Å². The van der Waals surface area contributed by atoms with Gasteiger partial charge >= 0.3 is 0 Å². The van der Waals surface area contributed by atoms with Crippen molar-refractivity contribution in [1.29, 1.82) is 0 Å². The maximum absolute atomic E-state index is 13.4. The fourth-order valence-electron chi connectivity index (χ4n) is 1.85. The topological polar surface area (TPSA) is 45.2 Å². The van der Waals surface area contributed by atoms with E-state index >= 15 is 0 Å². The van der Waals surface area contributed by atoms with Crippen molar-refractivity contribution in [3.8, 4) is 0 Å². The minimum Gasteiger partial charge on any atom is -0.333 e. The Morgan fingerprint density at radius 2 is 2.50 bits per heavy atom. The average Bonchev–Trinajstić information content (AvgIpc) is 2.29. The third-order valence-electron chi connectivity index (χ3n) is 2.77. The van der Waals surface area contributed by atoms with Gasteiger partial charge in [-0.1, -0.05) is 0 Å². The van der Waals surface area contributed by atoms with Gasteiger partial charge in [-0.25, -0.2) is 4.39 Å². The van der Waals surface area contributed by atoms with Crippen LogP contribution in [0.15, 0.2) is 18.5 Å². The van der Waals surface area contributed by atoms with E-state index in [-0.39, 0.29) is 17.5 Å². The van der Waals surface area contributed by atoms with E-state index in [1.54, 1.807) is 4.90 Å². The van der Waals surface area contributed by atoms with Gasteiger partial charge in [0.25, 0.3) is 5.91 Å². The number of halogens is 1. The molecule has 1 N–H and O–H groups in total. The number of hydrogen-bond acceptors (Lipinski definition) is 3. The van der Waals surface area contributed by atoms with Gasteiger partial charge in [-0.3, -0.25) is 9.78 Å². The monoisotopic (exact) mass is 223 g/mol. The zero-order chi connectivity index (χ0) is 11.5. The molecule has 1 atom stereocenters. The second-order valence-electron chi connectivity index (χ2n) is 3.91. The molecule has 1 aromatic rings. The highest BCUT2D eigenvalue weighted by molar-refractivity contribution is 5.94. The van der Waals surface area contributed by atoms with E-state index in [1.807, 2.05) is 6.92 Å². The first-order valence-electron chi connectivity index (χ1n) is 5.31. The third-order valence-corrected chi connectivity index (χ3v) is 2.77. The molecule has 1 fully saturated rings. The van der Waals surface area contributed by atoms with Crippen LogP contribution in [0.2, 0.25) is 0 Å². The quantitative estimate of drug-likeness (QED) is 0.760. The summed E-state index contributed by atoms with van der Waals surface area (Å²) in [7, 11) is 0. The van der Waals surface area contributed by atoms with Gasteiger partial charge in [-0.2, -0.15) is 0 Å². The minimum atomic E-state index is -0.557. The van der Waals surface area contributed by atoms with Crippen LogP contribution in [0.1, 0.15) is 17.3 Å². The lowest BCUT2D eigenvalue weighted by atomic mass is 10.1. The van der Waals surface area contributed by atoms with E-state index in [1.165, 1.54) is 12.3 Å². The normalized spacial score (nSPS) is 20.9. The summed E-state index contributed by atoms with van der Waals surface area (Å²) in [5.74, 6) is -0.813. The van der Waals surface area contributed by atoms with Crippen LogP contribution < -0.4 is 5.32 Å². The molecule has 2 heterocycles. The van der Waals surface area contributed by atoms with Crippen molar-refractivity contribution in [2.75, 3.05) is 19.6 Å². The highest BCUT2D eigenvalue weighted by Gasteiger charge is 2.25. The molecule has 5 heteroatoms. The number of nitrogens with zero attached hydrogens (tertiary/aromatic N) is 2. The van der Waals surface area contributed by atoms with Crippen LogP contribution in [0.5, 0.6) is 0 Å². The summed E-state index contributed by atoms with van der Waals surface area (Å²) in [5.41, 5.74) is 0.101. The minimum absolute atomic E-state index is 0.0915. The van der Waals surface area contributed by atoms with Crippen LogP contribution in [0.3, 0.4) is 0 Å². The van der Waals surface area contributed by atoms with Crippen molar-refractivity contribution in [2.45, 2.75) is 13.0 Å². The lowest BCUT2D eigenvalue weighted by molar-refractivity contribution is 0.0651. The van der Waals surface area contributed by atoms with Crippen molar-refractivity contribution in [3.63, 3.8) is 0 Å². The molecule has 0 saturated carbocycles. The summed E-state index contributed by atoms with van der Waals surface area (Å²) in [6.45, 7) is 4.06. The molecule has 2 rings (SSSR count). The fourth-order valence-corrected chi connectivity index (χ4v) is 1.85. The smallest absolute Gasteiger partial charge is 0.257 e. The number of aromatic nitrogens is 1. The van der Waals surface area contributed by atoms with Crippen molar-refractivity contribution in [3.05, 3.63) is 29.8 Å². The van der Waals surface area contributed by atoms with E-state index in [2.05, 4.69) is 10.3 Å². The molecule has 0 aliphatic carbocycles. The maximum Gasteiger partial charge on any atom is 0.257 e. The molecule has 1 aliphatic rings. The van der Waals surface area contributed by atoms with Gasteiger partial charge in [0.15, 0.2) is 5.82 Å². The van der Waals surface area contributed by atoms with E-state index in [0.29, 0.717) is 6.54 Å². The molecule has 0 aromatic carbocycles. The lowest BCUT2D eigenvalue weighted by Gasteiger charge is -2.34. The lowest BCUT2D eigenvalue weighted by Crippen LogP contribution is -2.52. The molecular weight excluding hydrogens is 209 g/mol. The molecule has 0 radical (unpaired) electrons. The Morgan fingerprint density at radius 1 is 1.69 bits per heavy atom. The molecule has 1 amide bonds. The first-order valence-corrected chi connectivity index (χ1v) is 5.31. The van der Waals surface area contributed by atoms with Crippen LogP contribution in [-0.2, 0) is 0 Å². The summed E-state index contributed by atoms with van der Waals surface area (Å²) < 4.78 is 13.4. The molecule has 0 spiro atoms. The molecule has 1 aromatic heterocycles. The second-order valence-corrected chi connectivity index (χ2v) is 3.91. The van der Waals surface area contributed by atoms with Gasteiger partial charge in [0.2, 0.25) is 0 Å². The molecular formula is C11H14FN3O. The number of rotatable bonds is 1. The van der Waals surface area contributed by atoms with Crippen LogP contribution in [0, 0.1) is 5.82 Å². The predicted molar refractivity (Wildman–Crippen MR) is 57.6 cm³/mol. The molecule has 0 bridgehead atoms. The van der Waals surface area contributed by atoms with Gasteiger partial charge in [0.05, 0.1) is 11.8 Å². The van der Waals surface area contributed by atoms with Crippen molar-refractivity contribution >= 4 is 5.91 Å². The number of hydrogen-bond donors (Lipinski definition) is 1. The SMILES string of the molecule is C[C@H]1CNCCN1C(=O)c1ccncc1F. The highest BCUT2D eigenvalue weighted by atomic mass is 19.1. The Kier molecular flexibility index (Phi) is 3.14. The zero-order valence-corrected chi connectivity index (χ0v) is 9.11. The Morgan fingerprint density at radius 3 is 3.19 bits per heavy atom. The van der Waals surface area contributed by atoms with Gasteiger partial charge in [0.1, 0.15) is 0 Å². The molecule has 1 aliphatic heterocycles. The van der Waals surface area contributed by atoms with Crippen LogP contribution in [-0.4, -0.2) is 41.5 Å². The Labute approximate surface area is 93.5 Å². The first kappa shape index (κ1) is 11.0. The summed E-state index contributed by atoms with van der Waals surface area (Å²) >= 11 is 0. The van der Waals surface area contributed by atoms with Crippen molar-refractivity contribution in [2.24, 2.45) is 0 Å². The Bertz CT molecular complexity index is 397. The van der Waals surface area contributed by atoms with Crippen LogP contribution in [0.4, 0.5) is 4.39 Å². The number of amides is 1. The number of piperazine rings is 1. The van der Waals surface area contributed by atoms with Gasteiger partial charge in [0, 0.05) is 31.9 Å². The Balaban J connectivity index is 2.21. The summed E-state index contributed by atoms with van der Waals surface area (Å²) in [5, 5.41) is 3.19. The van der Waals surface area contributed by atoms with Gasteiger partial charge < -0.3 is 10.2 Å². The predicted octanol–water partition coefficient (Wildman–Crippen LogP) is 0.655. The average molecular weight is 223 g/mol. The highest BCUT2D eigenvalue weighted by Crippen LogP contribution is 2.12. The fraction of sp³-hybridized carbons (Fsp3) is 0.455. The summed E-state index contributed by atoms with van der Waals surface area (Å²) in [6.07, 6.45) is 2.50. The number of carbonyl (C=O) groups excluding carboxylic acids is 1. The maximum atomic E-state index is 13.4. The van der Waals surface area contributed by atoms with Crippen molar-refractivity contribution < 1.29 is 9.18 Å². The zero-order valence-electron chi connectivity index (χ0n) is 9.11. The van der Waals surface area contributed by atoms with E-state index < -0.39 is 5.82 Å². The van der Waals surface area contributed by atoms with E-state index in [9.17, 15) is 9.18 Å². The summed E-state index contributed by atoms with van der Waals surface area (Å²) in [6, 6.07) is 1.51. The van der Waals surface area contributed by atoms with Gasteiger partial charge in [-0.05, 0) is 13.0 Å². The first-order chi connectivity index (χ1) is 7.70. The van der Waals surface area contributed by atoms with E-state index in [4.69, 9.17) is 0 Å². The number of carbonyl (C=O) groups is 1. The second kappa shape index (κ2) is 4.57. The molecule has 4 nitrogen and oxygen atoms in total. The molecule has 1 saturated heterocycles. The standard InChI is InChI=1S/C11H14FN3O/c1-8-6-14-4-5-15(8)11(16)9-2-3-13-7-10(9)12/h2-3,7-8,14H,4-6H2,1H3/t8-/m0/s1. The number of pyridine rings is 1. The molecule has 16 heavy (non-hydrogen) atoms. The molecule has 86 valence electrons. The number of nitrogens with one attached hydrogen (secondary N) is 1. The van der Waals surface area contributed by atoms with Crippen LogP contribution >= 0.6 is 0 Å². The summed E-state index contributed by atoms with van der Waals surface area (Å²) in [4.78, 5) is 17.4. The van der Waals surface area contributed by atoms with E-state index in [0.717, 1.165) is 19.3 Å². The van der Waals surface area contributed by atoms with Crippen LogP contribution in [0.25, 0.3) is 0 Å². The largest absolute Gasteiger partial charge is 0.333 e. The van der Waals surface area contributed by atoms with Crippen molar-refractivity contribution in [1.82, 2.24) is 15.2 Å². The Hall–Kier alpha value is -1.49. The third kappa shape index (κ3) is 2.04. The molecule has 0 unspecified atom stereocenters.